The Bertz CT molecular complexity index is 935. The van der Waals surface area contributed by atoms with Gasteiger partial charge in [-0.25, -0.2) is 14.8 Å². The first-order chi connectivity index (χ1) is 14.0. The van der Waals surface area contributed by atoms with Gasteiger partial charge in [-0.3, -0.25) is 19.2 Å². The molecule has 1 amide bonds. The van der Waals surface area contributed by atoms with Crippen LogP contribution in [-0.2, 0) is 28.9 Å². The van der Waals surface area contributed by atoms with Crippen molar-refractivity contribution in [2.45, 2.75) is 51.2 Å². The van der Waals surface area contributed by atoms with Gasteiger partial charge in [0.1, 0.15) is 12.3 Å². The molecule has 0 unspecified atom stereocenters. The highest BCUT2D eigenvalue weighted by Gasteiger charge is 2.57. The van der Waals surface area contributed by atoms with Crippen molar-refractivity contribution in [3.05, 3.63) is 11.1 Å². The number of nitrogens with zero attached hydrogens (tertiary/aromatic N) is 3. The van der Waals surface area contributed by atoms with Crippen molar-refractivity contribution < 1.29 is 34.0 Å². The Kier molecular flexibility index (Phi) is 5.65. The fourth-order valence-electron chi connectivity index (χ4n) is 3.04. The van der Waals surface area contributed by atoms with Crippen LogP contribution in [0.3, 0.4) is 0 Å². The van der Waals surface area contributed by atoms with Crippen molar-refractivity contribution in [1.82, 2.24) is 10.0 Å². The van der Waals surface area contributed by atoms with E-state index in [-0.39, 0.29) is 48.2 Å². The van der Waals surface area contributed by atoms with E-state index < -0.39 is 34.7 Å². The van der Waals surface area contributed by atoms with E-state index in [1.807, 2.05) is 0 Å². The van der Waals surface area contributed by atoms with E-state index in [4.69, 9.17) is 15.4 Å². The van der Waals surface area contributed by atoms with Crippen LogP contribution in [-0.4, -0.2) is 62.1 Å². The van der Waals surface area contributed by atoms with Gasteiger partial charge >= 0.3 is 5.97 Å². The molecule has 11 nitrogen and oxygen atoms in total. The zero-order valence-corrected chi connectivity index (χ0v) is 17.5. The van der Waals surface area contributed by atoms with Crippen LogP contribution in [0.15, 0.2) is 10.5 Å². The molecule has 162 valence electrons. The summed E-state index contributed by atoms with van der Waals surface area (Å²) in [6.07, 6.45) is 0.345. The molecular weight excluding hydrogens is 416 g/mol. The van der Waals surface area contributed by atoms with E-state index in [1.165, 1.54) is 12.3 Å². The standard InChI is InChI=1S/C18H22N4O7S/c1-9(23)7-28-22-14(25)10(17(22,2)3)6-12(24)13(11-8-30-16(19)20-11)21-29-18(4-5-18)15(26)27/h8,10H,4-7H2,1-3H3,(H2,19,20)(H,26,27)/b21-13-/t10-/m1/s1. The average Bonchev–Trinajstić information content (AvgIpc) is 3.34. The van der Waals surface area contributed by atoms with Gasteiger partial charge in [0.2, 0.25) is 5.60 Å². The summed E-state index contributed by atoms with van der Waals surface area (Å²) in [6, 6.07) is 0. The minimum atomic E-state index is -1.43. The SMILES string of the molecule is CC(=O)CON1C(=O)[C@@H](CC(=O)/C(=N\OC2(C(=O)O)CC2)c2csc(N)n2)C1(C)C. The van der Waals surface area contributed by atoms with Gasteiger partial charge in [0.05, 0.1) is 11.5 Å². The minimum absolute atomic E-state index is 0.151. The number of rotatable bonds is 10. The van der Waals surface area contributed by atoms with Gasteiger partial charge in [-0.1, -0.05) is 5.16 Å². The number of hydrogen-bond donors (Lipinski definition) is 2. The molecule has 2 aliphatic rings. The maximum Gasteiger partial charge on any atom is 0.350 e. The van der Waals surface area contributed by atoms with E-state index in [0.717, 1.165) is 16.4 Å². The molecule has 0 spiro atoms. The third-order valence-corrected chi connectivity index (χ3v) is 5.77. The molecular formula is C18H22N4O7S. The lowest BCUT2D eigenvalue weighted by molar-refractivity contribution is -0.264. The number of nitrogens with two attached hydrogens (primary N) is 1. The number of carbonyl (C=O) groups is 4. The van der Waals surface area contributed by atoms with Crippen molar-refractivity contribution in [3.8, 4) is 0 Å². The van der Waals surface area contributed by atoms with Crippen LogP contribution in [0.1, 0.15) is 45.7 Å². The predicted octanol–water partition coefficient (Wildman–Crippen LogP) is 0.780. The molecule has 1 aliphatic carbocycles. The van der Waals surface area contributed by atoms with E-state index in [2.05, 4.69) is 10.1 Å². The number of β-lactam (4-membered cyclic amide) rings is 1. The molecule has 3 N–H and O–H groups in total. The summed E-state index contributed by atoms with van der Waals surface area (Å²) in [6.45, 7) is 4.52. The van der Waals surface area contributed by atoms with Gasteiger partial charge in [0, 0.05) is 24.6 Å². The monoisotopic (exact) mass is 438 g/mol. The minimum Gasteiger partial charge on any atom is -0.478 e. The number of hydrogen-bond acceptors (Lipinski definition) is 10. The van der Waals surface area contributed by atoms with E-state index in [9.17, 15) is 24.3 Å². The molecule has 0 radical (unpaired) electrons. The van der Waals surface area contributed by atoms with Crippen LogP contribution < -0.4 is 5.73 Å². The predicted molar refractivity (Wildman–Crippen MR) is 104 cm³/mol. The molecule has 1 aromatic rings. The van der Waals surface area contributed by atoms with Crippen LogP contribution in [0, 0.1) is 5.92 Å². The molecule has 3 rings (SSSR count). The number of aromatic nitrogens is 1. The highest BCUT2D eigenvalue weighted by molar-refractivity contribution is 7.13. The van der Waals surface area contributed by atoms with Gasteiger partial charge in [0.25, 0.3) is 5.91 Å². The van der Waals surface area contributed by atoms with Gasteiger partial charge in [-0.05, 0) is 20.8 Å². The van der Waals surface area contributed by atoms with Gasteiger partial charge in [-0.15, -0.1) is 11.3 Å². The third kappa shape index (κ3) is 4.05. The first-order valence-corrected chi connectivity index (χ1v) is 10.1. The molecule has 0 bridgehead atoms. The summed E-state index contributed by atoms with van der Waals surface area (Å²) in [5.74, 6) is -3.09. The van der Waals surface area contributed by atoms with Crippen LogP contribution in [0.4, 0.5) is 5.13 Å². The molecule has 2 fully saturated rings. The Hall–Kier alpha value is -2.86. The van der Waals surface area contributed by atoms with Gasteiger partial charge in [-0.2, -0.15) is 0 Å². The summed E-state index contributed by atoms with van der Waals surface area (Å²) < 4.78 is 0. The highest BCUT2D eigenvalue weighted by Crippen LogP contribution is 2.41. The maximum absolute atomic E-state index is 13.0. The van der Waals surface area contributed by atoms with Crippen molar-refractivity contribution in [3.63, 3.8) is 0 Å². The number of amides is 1. The Morgan fingerprint density at radius 3 is 2.53 bits per heavy atom. The first-order valence-electron chi connectivity index (χ1n) is 9.18. The number of oxime groups is 1. The van der Waals surface area contributed by atoms with Crippen LogP contribution >= 0.6 is 11.3 Å². The van der Waals surface area contributed by atoms with E-state index in [0.29, 0.717) is 0 Å². The smallest absolute Gasteiger partial charge is 0.350 e. The molecule has 2 heterocycles. The quantitative estimate of drug-likeness (QED) is 0.305. The maximum atomic E-state index is 13.0. The zero-order valence-electron chi connectivity index (χ0n) is 16.7. The Balaban J connectivity index is 1.76. The molecule has 1 atom stereocenters. The molecule has 1 saturated carbocycles. The highest BCUT2D eigenvalue weighted by atomic mass is 32.1. The van der Waals surface area contributed by atoms with Gasteiger partial charge < -0.3 is 15.7 Å². The zero-order chi connectivity index (χ0) is 22.3. The number of aliphatic carboxylic acids is 1. The summed E-state index contributed by atoms with van der Waals surface area (Å²) in [5, 5.41) is 15.8. The number of nitrogen functional groups attached to an aromatic ring is 1. The Morgan fingerprint density at radius 1 is 1.40 bits per heavy atom. The molecule has 1 saturated heterocycles. The van der Waals surface area contributed by atoms with Crippen LogP contribution in [0.2, 0.25) is 0 Å². The number of thiazole rings is 1. The lowest BCUT2D eigenvalue weighted by Crippen LogP contribution is -2.68. The van der Waals surface area contributed by atoms with Crippen LogP contribution in [0.25, 0.3) is 0 Å². The fraction of sp³-hybridized carbons (Fsp3) is 0.556. The summed E-state index contributed by atoms with van der Waals surface area (Å²) in [5.41, 5.74) is 3.34. The number of anilines is 1. The average molecular weight is 438 g/mol. The summed E-state index contributed by atoms with van der Waals surface area (Å²) in [4.78, 5) is 62.3. The van der Waals surface area contributed by atoms with Crippen molar-refractivity contribution in [1.29, 1.82) is 0 Å². The fourth-order valence-corrected chi connectivity index (χ4v) is 3.58. The molecule has 1 aromatic heterocycles. The first kappa shape index (κ1) is 21.8. The number of hydroxylamine groups is 2. The number of carbonyl (C=O) groups excluding carboxylic acids is 3. The number of carboxylic acid groups (broad SMARTS) is 1. The second kappa shape index (κ2) is 7.76. The lowest BCUT2D eigenvalue weighted by atomic mass is 9.74. The topological polar surface area (TPSA) is 161 Å². The summed E-state index contributed by atoms with van der Waals surface area (Å²) >= 11 is 1.09. The molecule has 0 aromatic carbocycles. The second-order valence-electron chi connectivity index (χ2n) is 7.84. The van der Waals surface area contributed by atoms with Crippen LogP contribution in [0.5, 0.6) is 0 Å². The number of carboxylic acids is 1. The normalized spacial score (nSPS) is 21.7. The molecule has 12 heteroatoms. The largest absolute Gasteiger partial charge is 0.478 e. The van der Waals surface area contributed by atoms with Gasteiger partial charge in [0.15, 0.2) is 22.4 Å². The van der Waals surface area contributed by atoms with Crippen molar-refractivity contribution in [2.75, 3.05) is 12.3 Å². The van der Waals surface area contributed by atoms with E-state index >= 15 is 0 Å². The Morgan fingerprint density at radius 2 is 2.07 bits per heavy atom. The number of ketones is 2. The lowest BCUT2D eigenvalue weighted by Gasteiger charge is -2.52. The Labute approximate surface area is 175 Å². The number of Topliss-reactive ketones (excluding diaryl/α,β-unsaturated/α-hetero) is 2. The second-order valence-corrected chi connectivity index (χ2v) is 8.73. The summed E-state index contributed by atoms with van der Waals surface area (Å²) in [7, 11) is 0. The van der Waals surface area contributed by atoms with Crippen molar-refractivity contribution >= 4 is 45.6 Å². The molecule has 1 aliphatic heterocycles. The van der Waals surface area contributed by atoms with E-state index in [1.54, 1.807) is 13.8 Å². The third-order valence-electron chi connectivity index (χ3n) is 5.10. The molecule has 30 heavy (non-hydrogen) atoms. The van der Waals surface area contributed by atoms with Crippen molar-refractivity contribution in [2.24, 2.45) is 11.1 Å².